The van der Waals surface area contributed by atoms with Crippen LogP contribution in [0.5, 0.6) is 0 Å². The average molecular weight is 426 g/mol. The number of hydrogen-bond donors (Lipinski definition) is 0. The van der Waals surface area contributed by atoms with Crippen molar-refractivity contribution in [1.29, 1.82) is 0 Å². The van der Waals surface area contributed by atoms with Crippen molar-refractivity contribution in [1.82, 2.24) is 4.90 Å². The second-order valence-electron chi connectivity index (χ2n) is 12.7. The first-order valence-electron chi connectivity index (χ1n) is 13.9. The Hall–Kier alpha value is -0.790. The molecule has 0 bridgehead atoms. The minimum Gasteiger partial charge on any atom is -0.343 e. The maximum atomic E-state index is 12.8. The highest BCUT2D eigenvalue weighted by molar-refractivity contribution is 5.76. The first-order valence-corrected chi connectivity index (χ1v) is 13.9. The molecule has 0 spiro atoms. The summed E-state index contributed by atoms with van der Waals surface area (Å²) in [7, 11) is 0. The lowest BCUT2D eigenvalue weighted by Crippen LogP contribution is -2.50. The minimum absolute atomic E-state index is 0.435. The van der Waals surface area contributed by atoms with Gasteiger partial charge in [0.15, 0.2) is 0 Å². The van der Waals surface area contributed by atoms with E-state index in [0.717, 1.165) is 49.6 Å². The van der Waals surface area contributed by atoms with Gasteiger partial charge >= 0.3 is 0 Å². The van der Waals surface area contributed by atoms with E-state index in [-0.39, 0.29) is 0 Å². The van der Waals surface area contributed by atoms with Crippen LogP contribution in [0.3, 0.4) is 0 Å². The number of likely N-dealkylation sites (tertiary alicyclic amines) is 1. The van der Waals surface area contributed by atoms with Crippen molar-refractivity contribution < 1.29 is 4.79 Å². The third-order valence-electron chi connectivity index (χ3n) is 11.3. The number of carbonyl (C=O) groups excluding carboxylic acids is 1. The summed E-state index contributed by atoms with van der Waals surface area (Å²) in [4.78, 5) is 14.9. The van der Waals surface area contributed by atoms with E-state index in [1.54, 1.807) is 0 Å². The third-order valence-corrected chi connectivity index (χ3v) is 11.3. The molecule has 5 rings (SSSR count). The summed E-state index contributed by atoms with van der Waals surface area (Å²) in [6.07, 6.45) is 21.2. The number of amides is 1. The van der Waals surface area contributed by atoms with Crippen LogP contribution in [0.25, 0.3) is 0 Å². The van der Waals surface area contributed by atoms with Gasteiger partial charge in [0, 0.05) is 19.5 Å². The summed E-state index contributed by atoms with van der Waals surface area (Å²) >= 11 is 0. The number of allylic oxidation sites excluding steroid dienone is 2. The lowest BCUT2D eigenvalue weighted by molar-refractivity contribution is -0.132. The molecule has 0 N–H and O–H groups in total. The number of rotatable bonds is 4. The summed E-state index contributed by atoms with van der Waals surface area (Å²) in [5.41, 5.74) is 2.88. The van der Waals surface area contributed by atoms with E-state index in [1.165, 1.54) is 77.0 Å². The van der Waals surface area contributed by atoms with Crippen LogP contribution < -0.4 is 0 Å². The zero-order valence-electron chi connectivity index (χ0n) is 20.6. The standard InChI is InChI=1S/C29H47NO/c1-21(10-15-27(31)30-19-7-4-8-20-30)24-13-14-25-23-12-11-22-9-5-6-17-28(22,2)26(23)16-18-29(24,25)3/h11,21,23-26H,4-10,12-20H2,1-3H3. The van der Waals surface area contributed by atoms with Gasteiger partial charge in [0.1, 0.15) is 0 Å². The molecule has 1 heterocycles. The largest absolute Gasteiger partial charge is 0.343 e. The van der Waals surface area contributed by atoms with Crippen LogP contribution in [-0.4, -0.2) is 23.9 Å². The van der Waals surface area contributed by atoms with Crippen molar-refractivity contribution in [3.8, 4) is 0 Å². The van der Waals surface area contributed by atoms with Gasteiger partial charge in [-0.25, -0.2) is 0 Å². The van der Waals surface area contributed by atoms with Crippen LogP contribution in [0.2, 0.25) is 0 Å². The first kappa shape index (κ1) is 22.0. The average Bonchev–Trinajstić information content (AvgIpc) is 3.14. The Kier molecular flexibility index (Phi) is 6.06. The molecule has 2 nitrogen and oxygen atoms in total. The zero-order chi connectivity index (χ0) is 21.6. The Morgan fingerprint density at radius 2 is 1.84 bits per heavy atom. The monoisotopic (exact) mass is 425 g/mol. The highest BCUT2D eigenvalue weighted by Gasteiger charge is 2.58. The molecule has 7 unspecified atom stereocenters. The fourth-order valence-electron chi connectivity index (χ4n) is 9.53. The predicted octanol–water partition coefficient (Wildman–Crippen LogP) is 7.38. The number of carbonyl (C=O) groups is 1. The molecule has 1 amide bonds. The predicted molar refractivity (Wildman–Crippen MR) is 129 cm³/mol. The molecule has 1 aliphatic heterocycles. The van der Waals surface area contributed by atoms with E-state index >= 15 is 0 Å². The second kappa shape index (κ2) is 8.53. The van der Waals surface area contributed by atoms with E-state index < -0.39 is 0 Å². The Morgan fingerprint density at radius 1 is 1.03 bits per heavy atom. The second-order valence-corrected chi connectivity index (χ2v) is 12.7. The van der Waals surface area contributed by atoms with Crippen molar-refractivity contribution in [2.45, 2.75) is 111 Å². The third kappa shape index (κ3) is 3.72. The van der Waals surface area contributed by atoms with Gasteiger partial charge in [0.2, 0.25) is 5.91 Å². The molecule has 0 radical (unpaired) electrons. The smallest absolute Gasteiger partial charge is 0.222 e. The minimum atomic E-state index is 0.435. The summed E-state index contributed by atoms with van der Waals surface area (Å²) < 4.78 is 0. The van der Waals surface area contributed by atoms with E-state index in [2.05, 4.69) is 31.7 Å². The number of hydrogen-bond acceptors (Lipinski definition) is 1. The van der Waals surface area contributed by atoms with Gasteiger partial charge < -0.3 is 4.90 Å². The molecular formula is C29H47NO. The van der Waals surface area contributed by atoms with Gasteiger partial charge in [-0.2, -0.15) is 0 Å². The SMILES string of the molecule is CC(CCC(=O)N1CCCCC1)C1CCC2C3CC=C4CCCCC4(C)C3CCC12C. The zero-order valence-corrected chi connectivity index (χ0v) is 20.6. The van der Waals surface area contributed by atoms with Crippen molar-refractivity contribution in [2.75, 3.05) is 13.1 Å². The van der Waals surface area contributed by atoms with E-state index in [4.69, 9.17) is 0 Å². The molecule has 5 aliphatic rings. The number of piperidine rings is 1. The molecule has 0 aromatic heterocycles. The van der Waals surface area contributed by atoms with Crippen LogP contribution in [0.4, 0.5) is 0 Å². The van der Waals surface area contributed by atoms with Gasteiger partial charge in [-0.05, 0) is 117 Å². The van der Waals surface area contributed by atoms with E-state index in [9.17, 15) is 4.79 Å². The summed E-state index contributed by atoms with van der Waals surface area (Å²) in [6, 6.07) is 0. The Morgan fingerprint density at radius 3 is 2.65 bits per heavy atom. The van der Waals surface area contributed by atoms with Gasteiger partial charge in [-0.15, -0.1) is 0 Å². The van der Waals surface area contributed by atoms with Gasteiger partial charge in [-0.1, -0.05) is 38.8 Å². The van der Waals surface area contributed by atoms with Crippen LogP contribution >= 0.6 is 0 Å². The summed E-state index contributed by atoms with van der Waals surface area (Å²) in [5, 5.41) is 0. The molecule has 3 saturated carbocycles. The summed E-state index contributed by atoms with van der Waals surface area (Å²) in [5.74, 6) is 4.76. The van der Waals surface area contributed by atoms with Crippen molar-refractivity contribution in [3.63, 3.8) is 0 Å². The fraction of sp³-hybridized carbons (Fsp3) is 0.897. The van der Waals surface area contributed by atoms with Crippen LogP contribution in [0.1, 0.15) is 111 Å². The lowest BCUT2D eigenvalue weighted by Gasteiger charge is -2.58. The first-order chi connectivity index (χ1) is 14.9. The molecule has 4 aliphatic carbocycles. The lowest BCUT2D eigenvalue weighted by atomic mass is 9.47. The normalized spacial score (nSPS) is 43.5. The maximum Gasteiger partial charge on any atom is 0.222 e. The van der Waals surface area contributed by atoms with Crippen molar-refractivity contribution in [3.05, 3.63) is 11.6 Å². The molecule has 174 valence electrons. The Balaban J connectivity index is 1.25. The summed E-state index contributed by atoms with van der Waals surface area (Å²) in [6.45, 7) is 9.80. The van der Waals surface area contributed by atoms with Crippen molar-refractivity contribution in [2.24, 2.45) is 40.4 Å². The van der Waals surface area contributed by atoms with E-state index in [0.29, 0.717) is 22.7 Å². The molecule has 7 atom stereocenters. The van der Waals surface area contributed by atoms with Crippen LogP contribution in [0, 0.1) is 40.4 Å². The van der Waals surface area contributed by atoms with Gasteiger partial charge in [-0.3, -0.25) is 4.79 Å². The topological polar surface area (TPSA) is 20.3 Å². The molecular weight excluding hydrogens is 378 g/mol. The van der Waals surface area contributed by atoms with Gasteiger partial charge in [0.05, 0.1) is 0 Å². The molecule has 4 fully saturated rings. The fourth-order valence-corrected chi connectivity index (χ4v) is 9.53. The van der Waals surface area contributed by atoms with Crippen LogP contribution in [0.15, 0.2) is 11.6 Å². The van der Waals surface area contributed by atoms with E-state index in [1.807, 2.05) is 5.57 Å². The highest BCUT2D eigenvalue weighted by Crippen LogP contribution is 2.67. The highest BCUT2D eigenvalue weighted by atomic mass is 16.2. The molecule has 0 aromatic carbocycles. The maximum absolute atomic E-state index is 12.8. The number of fused-ring (bicyclic) bond motifs is 5. The molecule has 1 saturated heterocycles. The quantitative estimate of drug-likeness (QED) is 0.430. The number of nitrogens with zero attached hydrogens (tertiary/aromatic N) is 1. The Labute approximate surface area is 191 Å². The Bertz CT molecular complexity index is 706. The van der Waals surface area contributed by atoms with Crippen LogP contribution in [-0.2, 0) is 4.79 Å². The van der Waals surface area contributed by atoms with Gasteiger partial charge in [0.25, 0.3) is 0 Å². The van der Waals surface area contributed by atoms with Crippen molar-refractivity contribution >= 4 is 5.91 Å². The molecule has 31 heavy (non-hydrogen) atoms. The molecule has 0 aromatic rings. The molecule has 2 heteroatoms.